The van der Waals surface area contributed by atoms with E-state index in [-0.39, 0.29) is 0 Å². The maximum absolute atomic E-state index is 9.00. The quantitative estimate of drug-likeness (QED) is 0.788. The van der Waals surface area contributed by atoms with Gasteiger partial charge in [-0.2, -0.15) is 10.5 Å². The summed E-state index contributed by atoms with van der Waals surface area (Å²) < 4.78 is 5.99. The molecular weight excluding hydrogens is 310 g/mol. The second-order valence-electron chi connectivity index (χ2n) is 6.06. The standard InChI is InChI=1S/C21H21N3O/c1-6-17-11-18(24(4)5)7-8-19(17)21-9-14(2)20(15(3)25-21)10-16(12-22)13-23/h6-9,11,16H,1-2,10H2,3-5H3. The lowest BCUT2D eigenvalue weighted by atomic mass is 9.92. The average molecular weight is 331 g/mol. The van der Waals surface area contributed by atoms with Gasteiger partial charge in [0.15, 0.2) is 0 Å². The van der Waals surface area contributed by atoms with Crippen LogP contribution < -0.4 is 4.90 Å². The Labute approximate surface area is 149 Å². The first-order chi connectivity index (χ1) is 11.9. The van der Waals surface area contributed by atoms with Crippen LogP contribution in [0.25, 0.3) is 11.8 Å². The van der Waals surface area contributed by atoms with E-state index in [0.717, 1.165) is 28.0 Å². The highest BCUT2D eigenvalue weighted by molar-refractivity contribution is 5.76. The molecule has 0 unspecified atom stereocenters. The molecule has 1 aliphatic rings. The van der Waals surface area contributed by atoms with E-state index in [1.807, 2.05) is 62.3 Å². The monoisotopic (exact) mass is 331 g/mol. The predicted molar refractivity (Wildman–Crippen MR) is 101 cm³/mol. The molecule has 1 aliphatic heterocycles. The van der Waals surface area contributed by atoms with Gasteiger partial charge in [-0.05, 0) is 47.9 Å². The normalized spacial score (nSPS) is 13.7. The van der Waals surface area contributed by atoms with Crippen LogP contribution >= 0.6 is 0 Å². The van der Waals surface area contributed by atoms with Crippen LogP contribution in [-0.2, 0) is 4.74 Å². The Balaban J connectivity index is 2.36. The minimum absolute atomic E-state index is 0.315. The van der Waals surface area contributed by atoms with E-state index in [1.165, 1.54) is 0 Å². The minimum Gasteiger partial charge on any atom is -0.461 e. The number of hydrogen-bond donors (Lipinski definition) is 0. The van der Waals surface area contributed by atoms with Crippen molar-refractivity contribution in [3.05, 3.63) is 65.5 Å². The first kappa shape index (κ1) is 18.1. The SMILES string of the molecule is C=Cc1cc(N(C)C)ccc1C1=CC(=C)C(CC(C#N)C#N)=C(C)O1. The van der Waals surface area contributed by atoms with Crippen molar-refractivity contribution in [1.82, 2.24) is 0 Å². The van der Waals surface area contributed by atoms with Gasteiger partial charge in [0.2, 0.25) is 0 Å². The molecule has 0 saturated heterocycles. The van der Waals surface area contributed by atoms with Crippen molar-refractivity contribution >= 4 is 17.5 Å². The van der Waals surface area contributed by atoms with E-state index in [9.17, 15) is 0 Å². The molecule has 126 valence electrons. The molecule has 0 bridgehead atoms. The van der Waals surface area contributed by atoms with Crippen molar-refractivity contribution in [1.29, 1.82) is 10.5 Å². The third-order valence-electron chi connectivity index (χ3n) is 4.14. The number of benzene rings is 1. The molecule has 0 spiro atoms. The maximum Gasteiger partial charge on any atom is 0.137 e. The molecule has 2 rings (SSSR count). The molecule has 0 amide bonds. The molecule has 1 heterocycles. The Morgan fingerprint density at radius 1 is 1.28 bits per heavy atom. The molecule has 4 heteroatoms. The fourth-order valence-corrected chi connectivity index (χ4v) is 2.68. The third-order valence-corrected chi connectivity index (χ3v) is 4.14. The summed E-state index contributed by atoms with van der Waals surface area (Å²) in [5.74, 6) is 0.657. The van der Waals surface area contributed by atoms with E-state index in [0.29, 0.717) is 17.9 Å². The van der Waals surface area contributed by atoms with Gasteiger partial charge in [-0.1, -0.05) is 19.2 Å². The Kier molecular flexibility index (Phi) is 5.47. The summed E-state index contributed by atoms with van der Waals surface area (Å²) in [7, 11) is 3.97. The summed E-state index contributed by atoms with van der Waals surface area (Å²) in [6.45, 7) is 9.81. The van der Waals surface area contributed by atoms with Gasteiger partial charge in [0.25, 0.3) is 0 Å². The molecule has 0 saturated carbocycles. The van der Waals surface area contributed by atoms with Crippen LogP contribution in [0, 0.1) is 28.6 Å². The van der Waals surface area contributed by atoms with Crippen LogP contribution in [0.4, 0.5) is 5.69 Å². The number of anilines is 1. The Morgan fingerprint density at radius 2 is 1.96 bits per heavy atom. The van der Waals surface area contributed by atoms with Gasteiger partial charge in [0.05, 0.1) is 12.1 Å². The third kappa shape index (κ3) is 3.82. The lowest BCUT2D eigenvalue weighted by molar-refractivity contribution is 0.371. The van der Waals surface area contributed by atoms with Crippen molar-refractivity contribution in [2.75, 3.05) is 19.0 Å². The van der Waals surface area contributed by atoms with Gasteiger partial charge in [0.1, 0.15) is 17.4 Å². The fourth-order valence-electron chi connectivity index (χ4n) is 2.68. The first-order valence-electron chi connectivity index (χ1n) is 7.93. The van der Waals surface area contributed by atoms with E-state index >= 15 is 0 Å². The van der Waals surface area contributed by atoms with Crippen LogP contribution in [0.15, 0.2) is 54.3 Å². The zero-order valence-corrected chi connectivity index (χ0v) is 14.8. The van der Waals surface area contributed by atoms with Gasteiger partial charge in [-0.3, -0.25) is 0 Å². The number of nitrogens with zero attached hydrogens (tertiary/aromatic N) is 3. The van der Waals surface area contributed by atoms with Crippen molar-refractivity contribution in [3.8, 4) is 12.1 Å². The predicted octanol–water partition coefficient (Wildman–Crippen LogP) is 4.65. The van der Waals surface area contributed by atoms with Crippen LogP contribution in [0.1, 0.15) is 24.5 Å². The van der Waals surface area contributed by atoms with E-state index in [2.05, 4.69) is 13.2 Å². The minimum atomic E-state index is -0.705. The van der Waals surface area contributed by atoms with Gasteiger partial charge >= 0.3 is 0 Å². The molecule has 4 nitrogen and oxygen atoms in total. The molecule has 25 heavy (non-hydrogen) atoms. The van der Waals surface area contributed by atoms with Gasteiger partial charge in [-0.15, -0.1) is 0 Å². The van der Waals surface area contributed by atoms with E-state index in [1.54, 1.807) is 6.08 Å². The van der Waals surface area contributed by atoms with Crippen molar-refractivity contribution in [2.45, 2.75) is 13.3 Å². The molecule has 0 aliphatic carbocycles. The Bertz CT molecular complexity index is 846. The molecule has 0 fully saturated rings. The number of rotatable bonds is 5. The number of ether oxygens (including phenoxy) is 1. The number of hydrogen-bond acceptors (Lipinski definition) is 4. The summed E-state index contributed by atoms with van der Waals surface area (Å²) in [4.78, 5) is 2.03. The van der Waals surface area contributed by atoms with E-state index < -0.39 is 5.92 Å². The van der Waals surface area contributed by atoms with Crippen LogP contribution in [-0.4, -0.2) is 14.1 Å². The topological polar surface area (TPSA) is 60.0 Å². The van der Waals surface area contributed by atoms with Crippen LogP contribution in [0.2, 0.25) is 0 Å². The molecular formula is C21H21N3O. The highest BCUT2D eigenvalue weighted by Crippen LogP contribution is 2.36. The van der Waals surface area contributed by atoms with Crippen molar-refractivity contribution in [3.63, 3.8) is 0 Å². The smallest absolute Gasteiger partial charge is 0.137 e. The second-order valence-corrected chi connectivity index (χ2v) is 6.06. The van der Waals surface area contributed by atoms with Gasteiger partial charge in [0, 0.05) is 31.8 Å². The average Bonchev–Trinajstić information content (AvgIpc) is 2.60. The zero-order chi connectivity index (χ0) is 18.6. The van der Waals surface area contributed by atoms with E-state index in [4.69, 9.17) is 15.3 Å². The summed E-state index contributed by atoms with van der Waals surface area (Å²) in [5, 5.41) is 18.0. The molecule has 0 N–H and O–H groups in total. The summed E-state index contributed by atoms with van der Waals surface area (Å²) in [6.07, 6.45) is 3.96. The van der Waals surface area contributed by atoms with Crippen LogP contribution in [0.5, 0.6) is 0 Å². The Morgan fingerprint density at radius 3 is 2.48 bits per heavy atom. The number of nitriles is 2. The Hall–Kier alpha value is -3.24. The van der Waals surface area contributed by atoms with Gasteiger partial charge in [-0.25, -0.2) is 0 Å². The fraction of sp³-hybridized carbons (Fsp3) is 0.238. The summed E-state index contributed by atoms with van der Waals surface area (Å²) in [5.41, 5.74) is 4.54. The van der Waals surface area contributed by atoms with Gasteiger partial charge < -0.3 is 9.64 Å². The molecule has 0 aromatic heterocycles. The first-order valence-corrected chi connectivity index (χ1v) is 7.93. The summed E-state index contributed by atoms with van der Waals surface area (Å²) >= 11 is 0. The zero-order valence-electron chi connectivity index (χ0n) is 14.8. The lowest BCUT2D eigenvalue weighted by Gasteiger charge is -2.23. The number of allylic oxidation sites excluding steroid dienone is 4. The molecule has 0 atom stereocenters. The molecule has 0 radical (unpaired) electrons. The molecule has 1 aromatic carbocycles. The second kappa shape index (κ2) is 7.55. The molecule has 1 aromatic rings. The highest BCUT2D eigenvalue weighted by atomic mass is 16.5. The summed E-state index contributed by atoms with van der Waals surface area (Å²) in [6, 6.07) is 10.0. The van der Waals surface area contributed by atoms with Crippen LogP contribution in [0.3, 0.4) is 0 Å². The van der Waals surface area contributed by atoms with Crippen molar-refractivity contribution in [2.24, 2.45) is 5.92 Å². The lowest BCUT2D eigenvalue weighted by Crippen LogP contribution is -2.10. The highest BCUT2D eigenvalue weighted by Gasteiger charge is 2.21. The maximum atomic E-state index is 9.00. The van der Waals surface area contributed by atoms with Crippen molar-refractivity contribution < 1.29 is 4.74 Å². The largest absolute Gasteiger partial charge is 0.461 e.